The lowest BCUT2D eigenvalue weighted by molar-refractivity contribution is -0.130. The molecule has 118 valence electrons. The van der Waals surface area contributed by atoms with Gasteiger partial charge < -0.3 is 19.3 Å². The number of hydrogen-bond acceptors (Lipinski definition) is 4. The smallest absolute Gasteiger partial charge is 0.410 e. The van der Waals surface area contributed by atoms with Crippen LogP contribution >= 0.6 is 0 Å². The van der Waals surface area contributed by atoms with Crippen molar-refractivity contribution in [1.29, 1.82) is 0 Å². The highest BCUT2D eigenvalue weighted by atomic mass is 16.6. The molecule has 1 aromatic carbocycles. The first-order valence-electron chi connectivity index (χ1n) is 7.37. The molecule has 2 aliphatic heterocycles. The highest BCUT2D eigenvalue weighted by Gasteiger charge is 2.49. The monoisotopic (exact) mass is 304 g/mol. The van der Waals surface area contributed by atoms with E-state index in [0.29, 0.717) is 32.5 Å². The van der Waals surface area contributed by atoms with Gasteiger partial charge in [-0.15, -0.1) is 0 Å². The van der Waals surface area contributed by atoms with Gasteiger partial charge in [-0.1, -0.05) is 18.2 Å². The highest BCUT2D eigenvalue weighted by molar-refractivity contribution is 5.80. The van der Waals surface area contributed by atoms with Crippen molar-refractivity contribution in [3.8, 4) is 5.75 Å². The summed E-state index contributed by atoms with van der Waals surface area (Å²) in [5.41, 5.74) is 0.346. The molecule has 6 heteroatoms. The van der Waals surface area contributed by atoms with Crippen LogP contribution in [0.5, 0.6) is 5.75 Å². The molecule has 0 N–H and O–H groups in total. The third-order valence-corrected chi connectivity index (χ3v) is 4.34. The first-order valence-corrected chi connectivity index (χ1v) is 7.37. The highest BCUT2D eigenvalue weighted by Crippen LogP contribution is 2.32. The lowest BCUT2D eigenvalue weighted by Crippen LogP contribution is -2.39. The summed E-state index contributed by atoms with van der Waals surface area (Å²) in [6.45, 7) is 1.64. The fraction of sp³-hybridized carbons (Fsp3) is 0.500. The Morgan fingerprint density at radius 1 is 1.36 bits per heavy atom. The molecule has 0 bridgehead atoms. The maximum atomic E-state index is 12.5. The van der Waals surface area contributed by atoms with Gasteiger partial charge in [0.05, 0.1) is 26.6 Å². The first-order chi connectivity index (χ1) is 10.5. The summed E-state index contributed by atoms with van der Waals surface area (Å²) >= 11 is 0. The van der Waals surface area contributed by atoms with E-state index in [2.05, 4.69) is 0 Å². The van der Waals surface area contributed by atoms with Gasteiger partial charge in [-0.05, 0) is 6.07 Å². The molecule has 6 nitrogen and oxygen atoms in total. The number of para-hydroxylation sites is 1. The third kappa shape index (κ3) is 2.61. The minimum atomic E-state index is -0.526. The molecule has 22 heavy (non-hydrogen) atoms. The lowest BCUT2D eigenvalue weighted by Gasteiger charge is -2.22. The fourth-order valence-corrected chi connectivity index (χ4v) is 3.19. The van der Waals surface area contributed by atoms with E-state index >= 15 is 0 Å². The number of carbonyl (C=O) groups excluding carboxylic acids is 2. The van der Waals surface area contributed by atoms with Gasteiger partial charge in [-0.25, -0.2) is 4.79 Å². The minimum absolute atomic E-state index is 0.0342. The van der Waals surface area contributed by atoms with E-state index in [-0.39, 0.29) is 12.0 Å². The van der Waals surface area contributed by atoms with Gasteiger partial charge in [0, 0.05) is 25.6 Å². The van der Waals surface area contributed by atoms with Crippen molar-refractivity contribution in [2.75, 3.05) is 33.8 Å². The van der Waals surface area contributed by atoms with E-state index in [1.54, 1.807) is 24.0 Å². The van der Waals surface area contributed by atoms with Crippen LogP contribution in [0.2, 0.25) is 0 Å². The number of amides is 2. The first kappa shape index (κ1) is 14.7. The summed E-state index contributed by atoms with van der Waals surface area (Å²) in [7, 11) is 3.32. The van der Waals surface area contributed by atoms with Gasteiger partial charge in [0.1, 0.15) is 5.75 Å². The van der Waals surface area contributed by atoms with Gasteiger partial charge in [-0.2, -0.15) is 0 Å². The van der Waals surface area contributed by atoms with E-state index < -0.39 is 5.60 Å². The molecule has 2 aliphatic rings. The molecule has 3 rings (SSSR count). The maximum Gasteiger partial charge on any atom is 0.410 e. The molecule has 0 saturated carbocycles. The van der Waals surface area contributed by atoms with Crippen LogP contribution in [-0.4, -0.2) is 61.2 Å². The van der Waals surface area contributed by atoms with Crippen molar-refractivity contribution in [1.82, 2.24) is 9.80 Å². The molecule has 0 aliphatic carbocycles. The molecular formula is C16H20N2O4. The van der Waals surface area contributed by atoms with Crippen LogP contribution < -0.4 is 4.74 Å². The average Bonchev–Trinajstić information content (AvgIpc) is 3.03. The quantitative estimate of drug-likeness (QED) is 0.844. The predicted octanol–water partition coefficient (Wildman–Crippen LogP) is 1.29. The summed E-state index contributed by atoms with van der Waals surface area (Å²) in [6.07, 6.45) is 0.684. The Bertz CT molecular complexity index is 604. The summed E-state index contributed by atoms with van der Waals surface area (Å²) in [6, 6.07) is 7.52. The van der Waals surface area contributed by atoms with Gasteiger partial charge in [0.25, 0.3) is 0 Å². The van der Waals surface area contributed by atoms with E-state index in [1.807, 2.05) is 24.3 Å². The molecule has 2 heterocycles. The topological polar surface area (TPSA) is 59.1 Å². The fourth-order valence-electron chi connectivity index (χ4n) is 3.19. The van der Waals surface area contributed by atoms with Crippen molar-refractivity contribution in [3.63, 3.8) is 0 Å². The second-order valence-electron chi connectivity index (χ2n) is 5.96. The van der Waals surface area contributed by atoms with Crippen LogP contribution in [0.15, 0.2) is 24.3 Å². The number of ether oxygens (including phenoxy) is 2. The summed E-state index contributed by atoms with van der Waals surface area (Å²) in [5.74, 6) is 0.753. The van der Waals surface area contributed by atoms with E-state index in [1.165, 1.54) is 0 Å². The third-order valence-electron chi connectivity index (χ3n) is 4.34. The molecule has 2 fully saturated rings. The van der Waals surface area contributed by atoms with Crippen LogP contribution in [0.4, 0.5) is 4.79 Å². The number of carbonyl (C=O) groups is 2. The van der Waals surface area contributed by atoms with Crippen molar-refractivity contribution in [2.45, 2.75) is 18.4 Å². The van der Waals surface area contributed by atoms with Gasteiger partial charge in [-0.3, -0.25) is 4.79 Å². The standard InChI is InChI=1S/C16H20N2O4/c1-17-10-16(22-15(17)20)7-8-18(11-16)14(19)9-12-5-3-4-6-13(12)21-2/h3-6H,7-11H2,1-2H3/t16-/m0/s1. The molecule has 0 radical (unpaired) electrons. The number of likely N-dealkylation sites (tertiary alicyclic amines) is 1. The largest absolute Gasteiger partial charge is 0.496 e. The molecule has 1 spiro atoms. The number of benzene rings is 1. The zero-order chi connectivity index (χ0) is 15.7. The molecule has 0 unspecified atom stereocenters. The van der Waals surface area contributed by atoms with E-state index in [0.717, 1.165) is 11.3 Å². The number of hydrogen-bond donors (Lipinski definition) is 0. The minimum Gasteiger partial charge on any atom is -0.496 e. The lowest BCUT2D eigenvalue weighted by atomic mass is 10.0. The van der Waals surface area contributed by atoms with Crippen LogP contribution in [0.1, 0.15) is 12.0 Å². The SMILES string of the molecule is COc1ccccc1CC(=O)N1CC[C@]2(CN(C)C(=O)O2)C1. The Morgan fingerprint density at radius 2 is 2.14 bits per heavy atom. The van der Waals surface area contributed by atoms with Crippen molar-refractivity contribution >= 4 is 12.0 Å². The number of likely N-dealkylation sites (N-methyl/N-ethyl adjacent to an activating group) is 1. The number of methoxy groups -OCH3 is 1. The summed E-state index contributed by atoms with van der Waals surface area (Å²) < 4.78 is 10.7. The second-order valence-corrected chi connectivity index (χ2v) is 5.96. The number of rotatable bonds is 3. The second kappa shape index (κ2) is 5.51. The van der Waals surface area contributed by atoms with Gasteiger partial charge in [0.15, 0.2) is 5.60 Å². The van der Waals surface area contributed by atoms with Gasteiger partial charge >= 0.3 is 6.09 Å². The molecule has 2 amide bonds. The van der Waals surface area contributed by atoms with E-state index in [9.17, 15) is 9.59 Å². The summed E-state index contributed by atoms with van der Waals surface area (Å²) in [5, 5.41) is 0. The Morgan fingerprint density at radius 3 is 2.82 bits per heavy atom. The molecule has 1 atom stereocenters. The van der Waals surface area contributed by atoms with Crippen LogP contribution in [0.3, 0.4) is 0 Å². The van der Waals surface area contributed by atoms with E-state index in [4.69, 9.17) is 9.47 Å². The predicted molar refractivity (Wildman–Crippen MR) is 79.7 cm³/mol. The zero-order valence-corrected chi connectivity index (χ0v) is 12.9. The van der Waals surface area contributed by atoms with Crippen LogP contribution in [0, 0.1) is 0 Å². The average molecular weight is 304 g/mol. The maximum absolute atomic E-state index is 12.5. The zero-order valence-electron chi connectivity index (χ0n) is 12.9. The van der Waals surface area contributed by atoms with Crippen LogP contribution in [-0.2, 0) is 16.0 Å². The molecule has 0 aromatic heterocycles. The van der Waals surface area contributed by atoms with Crippen LogP contribution in [0.25, 0.3) is 0 Å². The van der Waals surface area contributed by atoms with Crippen molar-refractivity contribution in [2.24, 2.45) is 0 Å². The van der Waals surface area contributed by atoms with Gasteiger partial charge in [0.2, 0.25) is 5.91 Å². The molecular weight excluding hydrogens is 284 g/mol. The Labute approximate surface area is 129 Å². The Kier molecular flexibility index (Phi) is 3.68. The Balaban J connectivity index is 1.66. The van der Waals surface area contributed by atoms with Crippen molar-refractivity contribution in [3.05, 3.63) is 29.8 Å². The number of nitrogens with zero attached hydrogens (tertiary/aromatic N) is 2. The normalized spacial score (nSPS) is 24.0. The summed E-state index contributed by atoms with van der Waals surface area (Å²) in [4.78, 5) is 27.4. The Hall–Kier alpha value is -2.24. The molecule has 2 saturated heterocycles. The molecule has 1 aromatic rings. The van der Waals surface area contributed by atoms with Crippen molar-refractivity contribution < 1.29 is 19.1 Å².